The van der Waals surface area contributed by atoms with Gasteiger partial charge in [0.2, 0.25) is 0 Å². The lowest BCUT2D eigenvalue weighted by Gasteiger charge is -2.35. The second kappa shape index (κ2) is 6.70. The van der Waals surface area contributed by atoms with Gasteiger partial charge < -0.3 is 4.74 Å². The minimum atomic E-state index is -3.11. The van der Waals surface area contributed by atoms with E-state index in [0.29, 0.717) is 10.9 Å². The molecule has 0 bridgehead atoms. The van der Waals surface area contributed by atoms with E-state index in [1.807, 2.05) is 12.1 Å². The summed E-state index contributed by atoms with van der Waals surface area (Å²) < 4.78 is 28.2. The van der Waals surface area contributed by atoms with Gasteiger partial charge in [0.25, 0.3) is 0 Å². The lowest BCUT2D eigenvalue weighted by molar-refractivity contribution is 0.0600. The molecule has 4 nitrogen and oxygen atoms in total. The number of hydrogen-bond donors (Lipinski definition) is 0. The Bertz CT molecular complexity index is 523. The van der Waals surface area contributed by atoms with Gasteiger partial charge in [-0.05, 0) is 37.1 Å². The Hall–Kier alpha value is -0.910. The van der Waals surface area contributed by atoms with Crippen LogP contribution >= 0.6 is 0 Å². The Morgan fingerprint density at radius 3 is 2.55 bits per heavy atom. The van der Waals surface area contributed by atoms with E-state index in [0.717, 1.165) is 25.3 Å². The zero-order chi connectivity index (χ0) is 14.6. The first kappa shape index (κ1) is 15.5. The fourth-order valence-electron chi connectivity index (χ4n) is 2.73. The lowest BCUT2D eigenvalue weighted by atomic mass is 10.0. The molecule has 1 atom stereocenters. The Morgan fingerprint density at radius 1 is 1.25 bits per heavy atom. The van der Waals surface area contributed by atoms with Crippen LogP contribution in [0, 0.1) is 0 Å². The zero-order valence-electron chi connectivity index (χ0n) is 12.2. The Morgan fingerprint density at radius 2 is 1.95 bits per heavy atom. The molecule has 0 aliphatic carbocycles. The van der Waals surface area contributed by atoms with Gasteiger partial charge in [-0.1, -0.05) is 18.6 Å². The van der Waals surface area contributed by atoms with Crippen molar-refractivity contribution in [1.82, 2.24) is 4.90 Å². The van der Waals surface area contributed by atoms with E-state index in [4.69, 9.17) is 4.74 Å². The summed E-state index contributed by atoms with van der Waals surface area (Å²) in [6.07, 6.45) is 4.90. The van der Waals surface area contributed by atoms with Gasteiger partial charge in [-0.15, -0.1) is 0 Å². The maximum atomic E-state index is 11.4. The largest absolute Gasteiger partial charge is 0.383 e. The molecule has 20 heavy (non-hydrogen) atoms. The predicted octanol–water partition coefficient (Wildman–Crippen LogP) is 2.09. The molecule has 2 rings (SSSR count). The van der Waals surface area contributed by atoms with Crippen LogP contribution in [0.4, 0.5) is 0 Å². The molecule has 112 valence electrons. The third-order valence-corrected chi connectivity index (χ3v) is 4.97. The molecule has 1 aliphatic rings. The van der Waals surface area contributed by atoms with Crippen molar-refractivity contribution in [2.75, 3.05) is 26.5 Å². The lowest BCUT2D eigenvalue weighted by Crippen LogP contribution is -2.41. The summed E-state index contributed by atoms with van der Waals surface area (Å²) >= 11 is 0. The van der Waals surface area contributed by atoms with Gasteiger partial charge in [0, 0.05) is 26.0 Å². The molecular weight excluding hydrogens is 274 g/mol. The van der Waals surface area contributed by atoms with Crippen molar-refractivity contribution in [2.24, 2.45) is 0 Å². The summed E-state index contributed by atoms with van der Waals surface area (Å²) in [4.78, 5) is 2.82. The van der Waals surface area contributed by atoms with Crippen molar-refractivity contribution in [3.05, 3.63) is 29.8 Å². The van der Waals surface area contributed by atoms with Crippen LogP contribution in [-0.4, -0.2) is 45.9 Å². The molecule has 1 aliphatic heterocycles. The molecule has 0 spiro atoms. The number of sulfone groups is 1. The number of piperidine rings is 1. The van der Waals surface area contributed by atoms with Crippen LogP contribution in [0.2, 0.25) is 0 Å². The molecular formula is C15H23NO3S. The molecule has 0 amide bonds. The van der Waals surface area contributed by atoms with Crippen LogP contribution in [0.3, 0.4) is 0 Å². The highest BCUT2D eigenvalue weighted by atomic mass is 32.2. The van der Waals surface area contributed by atoms with Crippen molar-refractivity contribution in [1.29, 1.82) is 0 Å². The Labute approximate surface area is 121 Å². The van der Waals surface area contributed by atoms with E-state index in [1.54, 1.807) is 19.2 Å². The first-order chi connectivity index (χ1) is 9.50. The summed E-state index contributed by atoms with van der Waals surface area (Å²) in [7, 11) is -1.36. The monoisotopic (exact) mass is 297 g/mol. The highest BCUT2D eigenvalue weighted by Gasteiger charge is 2.22. The van der Waals surface area contributed by atoms with Gasteiger partial charge in [0.05, 0.1) is 11.5 Å². The van der Waals surface area contributed by atoms with E-state index < -0.39 is 9.84 Å². The van der Waals surface area contributed by atoms with Gasteiger partial charge in [-0.2, -0.15) is 0 Å². The Kier molecular flexibility index (Phi) is 5.18. The molecule has 0 radical (unpaired) electrons. The number of rotatable bonds is 5. The quantitative estimate of drug-likeness (QED) is 0.835. The molecule has 0 aromatic heterocycles. The van der Waals surface area contributed by atoms with Crippen molar-refractivity contribution >= 4 is 9.84 Å². The third kappa shape index (κ3) is 4.04. The molecule has 1 fully saturated rings. The number of likely N-dealkylation sites (tertiary alicyclic amines) is 1. The molecule has 0 N–H and O–H groups in total. The predicted molar refractivity (Wildman–Crippen MR) is 79.5 cm³/mol. The van der Waals surface area contributed by atoms with Crippen LogP contribution in [0.5, 0.6) is 0 Å². The number of hydrogen-bond acceptors (Lipinski definition) is 4. The SMILES string of the molecule is COCC1CCCCN1Cc1ccc(S(C)(=O)=O)cc1. The maximum Gasteiger partial charge on any atom is 0.175 e. The highest BCUT2D eigenvalue weighted by molar-refractivity contribution is 7.90. The second-order valence-electron chi connectivity index (χ2n) is 5.49. The van der Waals surface area contributed by atoms with Gasteiger partial charge in [0.1, 0.15) is 0 Å². The van der Waals surface area contributed by atoms with Crippen LogP contribution in [0.1, 0.15) is 24.8 Å². The first-order valence-corrected chi connectivity index (χ1v) is 8.92. The summed E-state index contributed by atoms with van der Waals surface area (Å²) in [5.74, 6) is 0. The number of ether oxygens (including phenoxy) is 1. The average Bonchev–Trinajstić information content (AvgIpc) is 2.41. The normalized spacial score (nSPS) is 21.0. The topological polar surface area (TPSA) is 46.6 Å². The van der Waals surface area contributed by atoms with Crippen LogP contribution in [0.25, 0.3) is 0 Å². The van der Waals surface area contributed by atoms with Gasteiger partial charge in [-0.25, -0.2) is 8.42 Å². The number of methoxy groups -OCH3 is 1. The molecule has 5 heteroatoms. The fraction of sp³-hybridized carbons (Fsp3) is 0.600. The van der Waals surface area contributed by atoms with Gasteiger partial charge >= 0.3 is 0 Å². The summed E-state index contributed by atoms with van der Waals surface area (Å²) in [5.41, 5.74) is 1.15. The van der Waals surface area contributed by atoms with Crippen molar-refractivity contribution in [3.63, 3.8) is 0 Å². The summed E-state index contributed by atoms with van der Waals surface area (Å²) in [6.45, 7) is 2.71. The molecule has 1 unspecified atom stereocenters. The minimum Gasteiger partial charge on any atom is -0.383 e. The van der Waals surface area contributed by atoms with Gasteiger partial charge in [0.15, 0.2) is 9.84 Å². The number of nitrogens with zero attached hydrogens (tertiary/aromatic N) is 1. The van der Waals surface area contributed by atoms with Crippen LogP contribution in [0.15, 0.2) is 29.2 Å². The Balaban J connectivity index is 2.05. The highest BCUT2D eigenvalue weighted by Crippen LogP contribution is 2.20. The smallest absolute Gasteiger partial charge is 0.175 e. The summed E-state index contributed by atoms with van der Waals surface area (Å²) in [5, 5.41) is 0. The van der Waals surface area contributed by atoms with E-state index >= 15 is 0 Å². The first-order valence-electron chi connectivity index (χ1n) is 7.02. The van der Waals surface area contributed by atoms with E-state index in [9.17, 15) is 8.42 Å². The van der Waals surface area contributed by atoms with Crippen LogP contribution < -0.4 is 0 Å². The summed E-state index contributed by atoms with van der Waals surface area (Å²) in [6, 6.07) is 7.69. The van der Waals surface area contributed by atoms with Crippen molar-refractivity contribution < 1.29 is 13.2 Å². The molecule has 0 saturated carbocycles. The minimum absolute atomic E-state index is 0.383. The van der Waals surface area contributed by atoms with E-state index in [2.05, 4.69) is 4.90 Å². The van der Waals surface area contributed by atoms with E-state index in [-0.39, 0.29) is 0 Å². The number of benzene rings is 1. The third-order valence-electron chi connectivity index (χ3n) is 3.85. The molecule has 1 saturated heterocycles. The second-order valence-corrected chi connectivity index (χ2v) is 7.51. The van der Waals surface area contributed by atoms with Gasteiger partial charge in [-0.3, -0.25) is 4.90 Å². The van der Waals surface area contributed by atoms with E-state index in [1.165, 1.54) is 25.5 Å². The van der Waals surface area contributed by atoms with Crippen LogP contribution in [-0.2, 0) is 21.1 Å². The molecule has 1 aromatic carbocycles. The zero-order valence-corrected chi connectivity index (χ0v) is 13.0. The molecule has 1 aromatic rings. The average molecular weight is 297 g/mol. The van der Waals surface area contributed by atoms with Crippen molar-refractivity contribution in [3.8, 4) is 0 Å². The standard InChI is InChI=1S/C15H23NO3S/c1-19-12-14-5-3-4-10-16(14)11-13-6-8-15(9-7-13)20(2,17)18/h6-9,14H,3-5,10-12H2,1-2H3. The maximum absolute atomic E-state index is 11.4. The van der Waals surface area contributed by atoms with Crippen molar-refractivity contribution in [2.45, 2.75) is 36.7 Å². The fourth-order valence-corrected chi connectivity index (χ4v) is 3.36. The molecule has 1 heterocycles.